The molecule has 1 saturated heterocycles. The molecule has 1 aliphatic rings. The molecule has 0 spiro atoms. The van der Waals surface area contributed by atoms with Gasteiger partial charge < -0.3 is 31.7 Å². The van der Waals surface area contributed by atoms with Gasteiger partial charge in [0.25, 0.3) is 10.2 Å². The number of hydrogen-bond donors (Lipinski definition) is 7. The van der Waals surface area contributed by atoms with E-state index in [4.69, 9.17) is 26.6 Å². The van der Waals surface area contributed by atoms with Crippen LogP contribution in [0.25, 0.3) is 0 Å². The van der Waals surface area contributed by atoms with Crippen molar-refractivity contribution in [2.45, 2.75) is 30.7 Å². The molecule has 1 fully saturated rings. The van der Waals surface area contributed by atoms with Gasteiger partial charge in [0.2, 0.25) is 0 Å². The van der Waals surface area contributed by atoms with Crippen LogP contribution >= 0.6 is 0 Å². The molecular weight excluding hydrogens is 359 g/mol. The number of carboxylic acids is 2. The molecule has 0 aromatic rings. The molecule has 9 N–H and O–H groups in total. The zero-order valence-corrected chi connectivity index (χ0v) is 14.2. The lowest BCUT2D eigenvalue weighted by Gasteiger charge is -2.25. The summed E-state index contributed by atoms with van der Waals surface area (Å²) in [5, 5.41) is 35.7. The molecular formula is C11H23BN4O8S. The van der Waals surface area contributed by atoms with Gasteiger partial charge in [-0.25, -0.2) is 0 Å². The van der Waals surface area contributed by atoms with Crippen molar-refractivity contribution in [3.05, 3.63) is 0 Å². The largest absolute Gasteiger partial charge is 0.480 e. The first-order chi connectivity index (χ1) is 11.4. The van der Waals surface area contributed by atoms with E-state index in [2.05, 4.69) is 0 Å². The zero-order valence-electron chi connectivity index (χ0n) is 13.4. The van der Waals surface area contributed by atoms with E-state index in [1.807, 2.05) is 4.72 Å². The van der Waals surface area contributed by atoms with Gasteiger partial charge in [0.15, 0.2) is 0 Å². The fraction of sp³-hybridized carbons (Fsp3) is 0.818. The standard InChI is InChI=1S/C11H23BN4O8S/c13-8(9(17)18)4-15-25(23,24)16-5-7(2-1-3-12(21)22)11(14,6-16)10(19)20/h7-8,15,21-22H,1-6,13-14H2,(H,17,18)(H,19,20)/t7-,8+,11-/m0/s1. The van der Waals surface area contributed by atoms with Crippen LogP contribution in [0.2, 0.25) is 6.32 Å². The normalized spacial score (nSPS) is 25.7. The van der Waals surface area contributed by atoms with Crippen molar-refractivity contribution in [2.24, 2.45) is 17.4 Å². The Morgan fingerprint density at radius 3 is 2.44 bits per heavy atom. The predicted octanol–water partition coefficient (Wildman–Crippen LogP) is -3.80. The summed E-state index contributed by atoms with van der Waals surface area (Å²) in [4.78, 5) is 22.1. The molecule has 0 amide bonds. The molecule has 1 rings (SSSR count). The van der Waals surface area contributed by atoms with Crippen LogP contribution in [0.4, 0.5) is 0 Å². The van der Waals surface area contributed by atoms with Crippen LogP contribution in [0.15, 0.2) is 0 Å². The zero-order chi connectivity index (χ0) is 19.4. The Kier molecular flexibility index (Phi) is 7.31. The summed E-state index contributed by atoms with van der Waals surface area (Å²) in [6.07, 6.45) is 0.436. The fourth-order valence-corrected chi connectivity index (χ4v) is 3.92. The highest BCUT2D eigenvalue weighted by molar-refractivity contribution is 7.87. The van der Waals surface area contributed by atoms with E-state index >= 15 is 0 Å². The van der Waals surface area contributed by atoms with Gasteiger partial charge in [0.05, 0.1) is 0 Å². The van der Waals surface area contributed by atoms with Gasteiger partial charge in [-0.2, -0.15) is 17.4 Å². The minimum atomic E-state index is -4.17. The molecule has 3 atom stereocenters. The smallest absolute Gasteiger partial charge is 0.451 e. The molecule has 1 aliphatic heterocycles. The van der Waals surface area contributed by atoms with Crippen LogP contribution in [0.3, 0.4) is 0 Å². The van der Waals surface area contributed by atoms with Gasteiger partial charge in [-0.05, 0) is 12.7 Å². The Hall–Kier alpha value is -1.29. The van der Waals surface area contributed by atoms with Crippen LogP contribution in [0, 0.1) is 5.92 Å². The summed E-state index contributed by atoms with van der Waals surface area (Å²) in [5.41, 5.74) is 9.28. The molecule has 0 aromatic heterocycles. The van der Waals surface area contributed by atoms with E-state index in [0.29, 0.717) is 0 Å². The summed E-state index contributed by atoms with van der Waals surface area (Å²) < 4.78 is 27.3. The minimum absolute atomic E-state index is 0.00463. The van der Waals surface area contributed by atoms with Crippen LogP contribution in [-0.2, 0) is 19.8 Å². The number of nitrogens with zero attached hydrogens (tertiary/aromatic N) is 1. The highest BCUT2D eigenvalue weighted by Crippen LogP contribution is 2.31. The molecule has 0 radical (unpaired) electrons. The molecule has 0 aromatic carbocycles. The van der Waals surface area contributed by atoms with Gasteiger partial charge in [-0.1, -0.05) is 6.42 Å². The topological polar surface area (TPSA) is 217 Å². The lowest BCUT2D eigenvalue weighted by atomic mass is 9.78. The van der Waals surface area contributed by atoms with Gasteiger partial charge in [0.1, 0.15) is 11.6 Å². The molecule has 1 heterocycles. The Balaban J connectivity index is 2.81. The van der Waals surface area contributed by atoms with Crippen LogP contribution in [-0.4, -0.2) is 83.3 Å². The Morgan fingerprint density at radius 1 is 1.36 bits per heavy atom. The fourth-order valence-electron chi connectivity index (χ4n) is 2.59. The molecule has 0 saturated carbocycles. The van der Waals surface area contributed by atoms with Gasteiger partial charge >= 0.3 is 19.1 Å². The second kappa shape index (κ2) is 8.40. The number of hydrogen-bond acceptors (Lipinski definition) is 8. The lowest BCUT2D eigenvalue weighted by Crippen LogP contribution is -2.55. The van der Waals surface area contributed by atoms with E-state index in [0.717, 1.165) is 4.31 Å². The molecule has 144 valence electrons. The third-order valence-corrected chi connectivity index (χ3v) is 5.64. The van der Waals surface area contributed by atoms with Crippen molar-refractivity contribution in [1.29, 1.82) is 0 Å². The summed E-state index contributed by atoms with van der Waals surface area (Å²) in [6.45, 7) is -1.24. The number of nitrogens with one attached hydrogen (secondary N) is 1. The van der Waals surface area contributed by atoms with Crippen LogP contribution in [0.5, 0.6) is 0 Å². The summed E-state index contributed by atoms with van der Waals surface area (Å²) in [6, 6.07) is -1.44. The number of aliphatic carboxylic acids is 2. The molecule has 0 unspecified atom stereocenters. The Labute approximate surface area is 145 Å². The molecule has 12 nitrogen and oxygen atoms in total. The van der Waals surface area contributed by atoms with Crippen molar-refractivity contribution < 1.29 is 38.3 Å². The highest BCUT2D eigenvalue weighted by Gasteiger charge is 2.52. The highest BCUT2D eigenvalue weighted by atomic mass is 32.2. The minimum Gasteiger partial charge on any atom is -0.480 e. The maximum Gasteiger partial charge on any atom is 0.451 e. The van der Waals surface area contributed by atoms with E-state index in [1.54, 1.807) is 0 Å². The van der Waals surface area contributed by atoms with Gasteiger partial charge in [-0.3, -0.25) is 9.59 Å². The van der Waals surface area contributed by atoms with Crippen LogP contribution in [0.1, 0.15) is 12.8 Å². The number of carbonyl (C=O) groups is 2. The van der Waals surface area contributed by atoms with Gasteiger partial charge in [-0.15, -0.1) is 0 Å². The first kappa shape index (κ1) is 21.8. The van der Waals surface area contributed by atoms with E-state index in [-0.39, 0.29) is 25.7 Å². The van der Waals surface area contributed by atoms with Crippen molar-refractivity contribution in [3.8, 4) is 0 Å². The summed E-state index contributed by atoms with van der Waals surface area (Å²) in [7, 11) is -5.71. The average Bonchev–Trinajstić information content (AvgIpc) is 2.84. The number of nitrogens with two attached hydrogens (primary N) is 2. The third-order valence-electron chi connectivity index (χ3n) is 4.15. The first-order valence-corrected chi connectivity index (χ1v) is 8.95. The number of rotatable bonds is 10. The van der Waals surface area contributed by atoms with Crippen LogP contribution < -0.4 is 16.2 Å². The Bertz CT molecular complexity index is 603. The molecule has 0 aliphatic carbocycles. The first-order valence-electron chi connectivity index (χ1n) is 7.51. The predicted molar refractivity (Wildman–Crippen MR) is 86.4 cm³/mol. The lowest BCUT2D eigenvalue weighted by molar-refractivity contribution is -0.144. The average molecular weight is 382 g/mol. The van der Waals surface area contributed by atoms with E-state index in [9.17, 15) is 23.1 Å². The van der Waals surface area contributed by atoms with E-state index < -0.39 is 59.9 Å². The quantitative estimate of drug-likeness (QED) is 0.183. The van der Waals surface area contributed by atoms with Crippen molar-refractivity contribution >= 4 is 29.3 Å². The number of carboxylic acid groups (broad SMARTS) is 2. The SMILES string of the molecule is N[C@H](CNS(=O)(=O)N1C[C@H](CCCB(O)O)[C@](N)(C(=O)O)C1)C(=O)O. The monoisotopic (exact) mass is 382 g/mol. The van der Waals surface area contributed by atoms with Gasteiger partial charge in [0, 0.05) is 25.6 Å². The maximum atomic E-state index is 12.2. The summed E-state index contributed by atoms with van der Waals surface area (Å²) >= 11 is 0. The van der Waals surface area contributed by atoms with Crippen molar-refractivity contribution in [1.82, 2.24) is 9.03 Å². The molecule has 0 bridgehead atoms. The second-order valence-electron chi connectivity index (χ2n) is 6.04. The molecule has 14 heteroatoms. The maximum absolute atomic E-state index is 12.2. The summed E-state index contributed by atoms with van der Waals surface area (Å²) in [5.74, 6) is -3.50. The molecule has 25 heavy (non-hydrogen) atoms. The second-order valence-corrected chi connectivity index (χ2v) is 7.80. The van der Waals surface area contributed by atoms with E-state index in [1.165, 1.54) is 0 Å². The third kappa shape index (κ3) is 5.60. The Morgan fingerprint density at radius 2 is 1.96 bits per heavy atom. The van der Waals surface area contributed by atoms with Crippen molar-refractivity contribution in [2.75, 3.05) is 19.6 Å². The van der Waals surface area contributed by atoms with Crippen molar-refractivity contribution in [3.63, 3.8) is 0 Å².